The molecule has 0 radical (unpaired) electrons. The van der Waals surface area contributed by atoms with Gasteiger partial charge in [-0.2, -0.15) is 4.68 Å². The molecule has 164 valence electrons. The normalized spacial score (nSPS) is 11.0. The molecule has 0 spiro atoms. The molecular weight excluding hydrogens is 405 g/mol. The zero-order chi connectivity index (χ0) is 22.5. The number of hydrogen-bond donors (Lipinski definition) is 2. The summed E-state index contributed by atoms with van der Waals surface area (Å²) in [7, 11) is 1.34. The number of aliphatic hydroxyl groups excluding tert-OH is 1. The van der Waals surface area contributed by atoms with E-state index in [1.54, 1.807) is 18.3 Å². The summed E-state index contributed by atoms with van der Waals surface area (Å²) in [5, 5.41) is 16.2. The Hall–Kier alpha value is -3.53. The van der Waals surface area contributed by atoms with E-state index in [1.165, 1.54) is 29.9 Å². The first-order valence-corrected chi connectivity index (χ1v) is 9.73. The molecule has 3 rings (SSSR count). The van der Waals surface area contributed by atoms with E-state index in [0.717, 1.165) is 10.2 Å². The van der Waals surface area contributed by atoms with Crippen molar-refractivity contribution in [2.45, 2.75) is 32.9 Å². The molecule has 0 unspecified atom stereocenters. The van der Waals surface area contributed by atoms with Crippen molar-refractivity contribution in [3.8, 4) is 23.0 Å². The van der Waals surface area contributed by atoms with Gasteiger partial charge in [0.25, 0.3) is 0 Å². The minimum absolute atomic E-state index is 0.0100. The maximum atomic E-state index is 13.9. The maximum Gasteiger partial charge on any atom is 0.352 e. The second kappa shape index (κ2) is 9.52. The topological polar surface area (TPSA) is 111 Å². The van der Waals surface area contributed by atoms with Gasteiger partial charge < -0.3 is 15.2 Å². The smallest absolute Gasteiger partial charge is 0.352 e. The fraction of sp³-hybridized carbons (Fsp3) is 0.333. The molecule has 2 heterocycles. The molecule has 1 amide bonds. The lowest BCUT2D eigenvalue weighted by atomic mass is 10.2. The lowest BCUT2D eigenvalue weighted by molar-refractivity contribution is -0.122. The van der Waals surface area contributed by atoms with Crippen LogP contribution in [0.15, 0.2) is 41.3 Å². The van der Waals surface area contributed by atoms with Gasteiger partial charge in [0.15, 0.2) is 23.2 Å². The highest BCUT2D eigenvalue weighted by Gasteiger charge is 2.20. The largest absolute Gasteiger partial charge is 0.494 e. The number of aromatic nitrogens is 4. The van der Waals surface area contributed by atoms with E-state index in [0.29, 0.717) is 12.0 Å². The van der Waals surface area contributed by atoms with Crippen molar-refractivity contribution in [1.82, 2.24) is 24.6 Å². The van der Waals surface area contributed by atoms with Crippen molar-refractivity contribution in [3.63, 3.8) is 0 Å². The molecule has 9 nitrogen and oxygen atoms in total. The third-order valence-corrected chi connectivity index (χ3v) is 4.45. The molecule has 0 atom stereocenters. The van der Waals surface area contributed by atoms with Crippen LogP contribution >= 0.6 is 0 Å². The molecule has 0 aliphatic carbocycles. The van der Waals surface area contributed by atoms with Crippen LogP contribution in [0.25, 0.3) is 17.2 Å². The summed E-state index contributed by atoms with van der Waals surface area (Å²) in [6.07, 6.45) is 1.98. The number of benzene rings is 1. The van der Waals surface area contributed by atoms with Gasteiger partial charge in [0.2, 0.25) is 5.91 Å². The summed E-state index contributed by atoms with van der Waals surface area (Å²) in [6.45, 7) is 3.34. The Morgan fingerprint density at radius 2 is 2.06 bits per heavy atom. The predicted molar refractivity (Wildman–Crippen MR) is 112 cm³/mol. The Morgan fingerprint density at radius 3 is 2.68 bits per heavy atom. The number of pyridine rings is 1. The van der Waals surface area contributed by atoms with Crippen LogP contribution in [-0.2, 0) is 17.8 Å². The Bertz CT molecular complexity index is 1120. The summed E-state index contributed by atoms with van der Waals surface area (Å²) in [6, 6.07) is 7.31. The van der Waals surface area contributed by atoms with E-state index in [9.17, 15) is 14.0 Å². The third-order valence-electron chi connectivity index (χ3n) is 4.45. The molecule has 0 saturated heterocycles. The van der Waals surface area contributed by atoms with Crippen molar-refractivity contribution >= 4 is 5.91 Å². The lowest BCUT2D eigenvalue weighted by Crippen LogP contribution is -2.36. The minimum Gasteiger partial charge on any atom is -0.494 e. The van der Waals surface area contributed by atoms with Crippen LogP contribution in [0, 0.1) is 5.82 Å². The fourth-order valence-electron chi connectivity index (χ4n) is 3.03. The van der Waals surface area contributed by atoms with Gasteiger partial charge in [-0.15, -0.1) is 5.10 Å². The highest BCUT2D eigenvalue weighted by atomic mass is 19.1. The van der Waals surface area contributed by atoms with Crippen LogP contribution in [0.5, 0.6) is 5.75 Å². The number of nitrogens with one attached hydrogen (secondary N) is 1. The molecule has 31 heavy (non-hydrogen) atoms. The highest BCUT2D eigenvalue weighted by molar-refractivity contribution is 5.76. The number of nitrogens with zero attached hydrogens (tertiary/aromatic N) is 4. The second-order valence-corrected chi connectivity index (χ2v) is 7.17. The molecule has 0 aliphatic rings. The fourth-order valence-corrected chi connectivity index (χ4v) is 3.03. The number of carbonyl (C=O) groups is 1. The molecule has 1 aromatic carbocycles. The maximum absolute atomic E-state index is 13.9. The second-order valence-electron chi connectivity index (χ2n) is 7.17. The van der Waals surface area contributed by atoms with Gasteiger partial charge in [0.05, 0.1) is 7.11 Å². The van der Waals surface area contributed by atoms with E-state index in [2.05, 4.69) is 15.4 Å². The molecule has 2 N–H and O–H groups in total. The Morgan fingerprint density at radius 1 is 1.29 bits per heavy atom. The Balaban J connectivity index is 2.10. The van der Waals surface area contributed by atoms with Crippen molar-refractivity contribution < 1.29 is 19.0 Å². The van der Waals surface area contributed by atoms with Gasteiger partial charge in [-0.25, -0.2) is 14.2 Å². The number of methoxy groups -OCH3 is 1. The molecular formula is C21H24FN5O4. The standard InChI is InChI=1S/C21H24FN5O4/c1-13(2)24-19(29)12-26-20(15-5-6-16(22)17(10-15)31-3)25-27(21(26)30)18-7-4-14(8-9-28)11-23-18/h4-7,10-11,13,28H,8-9,12H2,1-3H3,(H,24,29). The predicted octanol–water partition coefficient (Wildman–Crippen LogP) is 1.30. The number of amides is 1. The molecule has 3 aromatic rings. The molecule has 0 saturated carbocycles. The first-order valence-electron chi connectivity index (χ1n) is 9.73. The van der Waals surface area contributed by atoms with E-state index in [4.69, 9.17) is 9.84 Å². The summed E-state index contributed by atoms with van der Waals surface area (Å²) in [4.78, 5) is 29.7. The quantitative estimate of drug-likeness (QED) is 0.558. The Kier molecular flexibility index (Phi) is 6.81. The summed E-state index contributed by atoms with van der Waals surface area (Å²) >= 11 is 0. The minimum atomic E-state index is -0.570. The van der Waals surface area contributed by atoms with E-state index >= 15 is 0 Å². The number of hydrogen-bond acceptors (Lipinski definition) is 6. The van der Waals surface area contributed by atoms with Crippen LogP contribution in [0.3, 0.4) is 0 Å². The third kappa shape index (κ3) is 4.97. The van der Waals surface area contributed by atoms with Crippen molar-refractivity contribution in [2.75, 3.05) is 13.7 Å². The zero-order valence-corrected chi connectivity index (χ0v) is 17.5. The van der Waals surface area contributed by atoms with Gasteiger partial charge in [-0.3, -0.25) is 9.36 Å². The number of halogens is 1. The zero-order valence-electron chi connectivity index (χ0n) is 17.5. The van der Waals surface area contributed by atoms with Crippen molar-refractivity contribution in [1.29, 1.82) is 0 Å². The monoisotopic (exact) mass is 429 g/mol. The van der Waals surface area contributed by atoms with Gasteiger partial charge in [0, 0.05) is 24.4 Å². The van der Waals surface area contributed by atoms with Gasteiger partial charge in [-0.1, -0.05) is 6.07 Å². The van der Waals surface area contributed by atoms with Crippen LogP contribution < -0.4 is 15.7 Å². The SMILES string of the molecule is COc1cc(-c2nn(-c3ccc(CCO)cn3)c(=O)n2CC(=O)NC(C)C)ccc1F. The van der Waals surface area contributed by atoms with Crippen LogP contribution in [0.1, 0.15) is 19.4 Å². The summed E-state index contributed by atoms with van der Waals surface area (Å²) in [5.41, 5.74) is 0.640. The van der Waals surface area contributed by atoms with Crippen molar-refractivity contribution in [3.05, 3.63) is 58.4 Å². The van der Waals surface area contributed by atoms with Crippen molar-refractivity contribution in [2.24, 2.45) is 0 Å². The van der Waals surface area contributed by atoms with Crippen LogP contribution in [0.4, 0.5) is 4.39 Å². The van der Waals surface area contributed by atoms with E-state index in [1.807, 2.05) is 13.8 Å². The number of carbonyl (C=O) groups excluding carboxylic acids is 1. The highest BCUT2D eigenvalue weighted by Crippen LogP contribution is 2.25. The van der Waals surface area contributed by atoms with Gasteiger partial charge in [0.1, 0.15) is 6.54 Å². The summed E-state index contributed by atoms with van der Waals surface area (Å²) in [5.74, 6) is -0.505. The molecule has 0 aliphatic heterocycles. The van der Waals surface area contributed by atoms with Gasteiger partial charge in [-0.05, 0) is 50.1 Å². The summed E-state index contributed by atoms with van der Waals surface area (Å²) < 4.78 is 21.2. The number of ether oxygens (including phenoxy) is 1. The lowest BCUT2D eigenvalue weighted by Gasteiger charge is -2.10. The average molecular weight is 429 g/mol. The molecule has 0 fully saturated rings. The molecule has 0 bridgehead atoms. The Labute approximate surface area is 178 Å². The molecule has 10 heteroatoms. The average Bonchev–Trinajstić information content (AvgIpc) is 3.05. The number of aliphatic hydroxyl groups is 1. The first-order chi connectivity index (χ1) is 14.8. The number of rotatable bonds is 8. The van der Waals surface area contributed by atoms with E-state index in [-0.39, 0.29) is 42.5 Å². The van der Waals surface area contributed by atoms with Gasteiger partial charge >= 0.3 is 5.69 Å². The van der Waals surface area contributed by atoms with Crippen LogP contribution in [0.2, 0.25) is 0 Å². The van der Waals surface area contributed by atoms with Crippen LogP contribution in [-0.4, -0.2) is 50.1 Å². The molecule has 2 aromatic heterocycles. The first kappa shape index (κ1) is 22.2. The van der Waals surface area contributed by atoms with E-state index < -0.39 is 11.5 Å².